The molecule has 1 nitrogen and oxygen atoms in total. The van der Waals surface area contributed by atoms with E-state index < -0.39 is 11.7 Å². The van der Waals surface area contributed by atoms with E-state index in [9.17, 15) is 13.2 Å². The minimum atomic E-state index is -4.27. The van der Waals surface area contributed by atoms with Gasteiger partial charge in [0, 0.05) is 11.8 Å². The van der Waals surface area contributed by atoms with Gasteiger partial charge in [0.1, 0.15) is 0 Å². The number of nitrogens with one attached hydrogen (secondary N) is 1. The van der Waals surface area contributed by atoms with Gasteiger partial charge in [-0.2, -0.15) is 24.9 Å². The van der Waals surface area contributed by atoms with Crippen LogP contribution >= 0.6 is 11.8 Å². The smallest absolute Gasteiger partial charge is 0.312 e. The zero-order chi connectivity index (χ0) is 12.2. The van der Waals surface area contributed by atoms with Crippen LogP contribution in [0, 0.1) is 0 Å². The molecule has 0 aliphatic rings. The molecule has 0 amide bonds. The van der Waals surface area contributed by atoms with E-state index in [1.807, 2.05) is 6.26 Å². The number of hydrogen-bond donors (Lipinski definition) is 1. The summed E-state index contributed by atoms with van der Waals surface area (Å²) >= 11 is 1.60. The maximum absolute atomic E-state index is 12.5. The van der Waals surface area contributed by atoms with Crippen LogP contribution in [0.2, 0.25) is 0 Å². The van der Waals surface area contributed by atoms with Crippen molar-refractivity contribution in [3.05, 3.63) is 35.4 Å². The van der Waals surface area contributed by atoms with Crippen LogP contribution in [-0.2, 0) is 6.18 Å². The molecule has 0 aliphatic heterocycles. The molecule has 0 radical (unpaired) electrons. The average Bonchev–Trinajstić information content (AvgIpc) is 2.25. The molecule has 1 aromatic rings. The molecule has 0 aliphatic carbocycles. The number of halogens is 3. The average molecular weight is 249 g/mol. The SMILES string of the molecule is CNC(CSC)c1cccc(C(F)(F)F)c1. The van der Waals surface area contributed by atoms with Crippen molar-refractivity contribution in [1.82, 2.24) is 5.32 Å². The van der Waals surface area contributed by atoms with Gasteiger partial charge in [-0.3, -0.25) is 0 Å². The largest absolute Gasteiger partial charge is 0.416 e. The quantitative estimate of drug-likeness (QED) is 0.878. The molecule has 0 bridgehead atoms. The lowest BCUT2D eigenvalue weighted by Crippen LogP contribution is -2.19. The molecular formula is C11H14F3NS. The Morgan fingerprint density at radius 3 is 2.56 bits per heavy atom. The van der Waals surface area contributed by atoms with Crippen molar-refractivity contribution in [3.8, 4) is 0 Å². The van der Waals surface area contributed by atoms with Crippen LogP contribution in [0.1, 0.15) is 17.2 Å². The van der Waals surface area contributed by atoms with E-state index in [0.717, 1.165) is 11.8 Å². The third kappa shape index (κ3) is 3.42. The number of rotatable bonds is 4. The Bertz CT molecular complexity index is 338. The first kappa shape index (κ1) is 13.4. The second-order valence-corrected chi connectivity index (χ2v) is 4.33. The van der Waals surface area contributed by atoms with E-state index in [1.165, 1.54) is 12.1 Å². The van der Waals surface area contributed by atoms with Crippen LogP contribution in [0.5, 0.6) is 0 Å². The zero-order valence-corrected chi connectivity index (χ0v) is 9.95. The Balaban J connectivity index is 2.97. The first-order valence-corrected chi connectivity index (χ1v) is 6.21. The van der Waals surface area contributed by atoms with E-state index in [0.29, 0.717) is 5.56 Å². The van der Waals surface area contributed by atoms with Crippen molar-refractivity contribution in [2.45, 2.75) is 12.2 Å². The van der Waals surface area contributed by atoms with Crippen molar-refractivity contribution < 1.29 is 13.2 Å². The number of benzene rings is 1. The van der Waals surface area contributed by atoms with Gasteiger partial charge in [0.15, 0.2) is 0 Å². The maximum atomic E-state index is 12.5. The third-order valence-corrected chi connectivity index (χ3v) is 2.96. The van der Waals surface area contributed by atoms with Crippen molar-refractivity contribution in [2.75, 3.05) is 19.1 Å². The molecule has 0 spiro atoms. The summed E-state index contributed by atoms with van der Waals surface area (Å²) in [6.45, 7) is 0. The second kappa shape index (κ2) is 5.59. The molecule has 0 saturated carbocycles. The third-order valence-electron chi connectivity index (χ3n) is 2.30. The lowest BCUT2D eigenvalue weighted by molar-refractivity contribution is -0.137. The monoisotopic (exact) mass is 249 g/mol. The molecule has 0 aromatic heterocycles. The fraction of sp³-hybridized carbons (Fsp3) is 0.455. The molecule has 90 valence electrons. The summed E-state index contributed by atoms with van der Waals surface area (Å²) in [5.74, 6) is 0.748. The van der Waals surface area contributed by atoms with Crippen LogP contribution < -0.4 is 5.32 Å². The van der Waals surface area contributed by atoms with Crippen molar-refractivity contribution in [2.24, 2.45) is 0 Å². The van der Waals surface area contributed by atoms with E-state index in [-0.39, 0.29) is 6.04 Å². The Morgan fingerprint density at radius 2 is 2.06 bits per heavy atom. The Labute approximate surface area is 97.4 Å². The minimum Gasteiger partial charge on any atom is -0.312 e. The second-order valence-electron chi connectivity index (χ2n) is 3.42. The Hall–Kier alpha value is -0.680. The minimum absolute atomic E-state index is 0.0442. The van der Waals surface area contributed by atoms with Crippen molar-refractivity contribution >= 4 is 11.8 Å². The summed E-state index contributed by atoms with van der Waals surface area (Å²) in [5, 5.41) is 3.01. The Morgan fingerprint density at radius 1 is 1.38 bits per heavy atom. The Kier molecular flexibility index (Phi) is 4.68. The highest BCUT2D eigenvalue weighted by atomic mass is 32.2. The predicted molar refractivity (Wildman–Crippen MR) is 61.6 cm³/mol. The lowest BCUT2D eigenvalue weighted by atomic mass is 10.1. The van der Waals surface area contributed by atoms with Gasteiger partial charge in [0.25, 0.3) is 0 Å². The molecule has 5 heteroatoms. The van der Waals surface area contributed by atoms with Gasteiger partial charge in [0.05, 0.1) is 5.56 Å². The van der Waals surface area contributed by atoms with E-state index in [4.69, 9.17) is 0 Å². The fourth-order valence-corrected chi connectivity index (χ4v) is 2.14. The van der Waals surface area contributed by atoms with Gasteiger partial charge in [-0.15, -0.1) is 0 Å². The van der Waals surface area contributed by atoms with Gasteiger partial charge >= 0.3 is 6.18 Å². The highest BCUT2D eigenvalue weighted by Crippen LogP contribution is 2.31. The van der Waals surface area contributed by atoms with Gasteiger partial charge in [-0.05, 0) is 31.0 Å². The number of alkyl halides is 3. The summed E-state index contributed by atoms with van der Waals surface area (Å²) in [4.78, 5) is 0. The van der Waals surface area contributed by atoms with E-state index in [1.54, 1.807) is 24.9 Å². The summed E-state index contributed by atoms with van der Waals surface area (Å²) in [6.07, 6.45) is -2.34. The highest BCUT2D eigenvalue weighted by molar-refractivity contribution is 7.98. The molecule has 0 fully saturated rings. The van der Waals surface area contributed by atoms with Crippen molar-refractivity contribution in [1.29, 1.82) is 0 Å². The standard InChI is InChI=1S/C11H14F3NS/c1-15-10(7-16-2)8-4-3-5-9(6-8)11(12,13)14/h3-6,10,15H,7H2,1-2H3. The van der Waals surface area contributed by atoms with Gasteiger partial charge < -0.3 is 5.32 Å². The molecule has 1 rings (SSSR count). The summed E-state index contributed by atoms with van der Waals surface area (Å²) in [5.41, 5.74) is 0.0815. The van der Waals surface area contributed by atoms with Crippen LogP contribution in [0.15, 0.2) is 24.3 Å². The zero-order valence-electron chi connectivity index (χ0n) is 9.14. The molecular weight excluding hydrogens is 235 g/mol. The predicted octanol–water partition coefficient (Wildman–Crippen LogP) is 3.33. The van der Waals surface area contributed by atoms with Crippen LogP contribution in [0.25, 0.3) is 0 Å². The highest BCUT2D eigenvalue weighted by Gasteiger charge is 2.30. The summed E-state index contributed by atoms with van der Waals surface area (Å²) in [7, 11) is 1.75. The lowest BCUT2D eigenvalue weighted by Gasteiger charge is -2.17. The van der Waals surface area contributed by atoms with Gasteiger partial charge in [-0.1, -0.05) is 12.1 Å². The molecule has 1 atom stereocenters. The number of hydrogen-bond acceptors (Lipinski definition) is 2. The molecule has 1 unspecified atom stereocenters. The summed E-state index contributed by atoms with van der Waals surface area (Å²) in [6, 6.07) is 5.42. The maximum Gasteiger partial charge on any atom is 0.416 e. The summed E-state index contributed by atoms with van der Waals surface area (Å²) < 4.78 is 37.5. The van der Waals surface area contributed by atoms with Crippen LogP contribution in [-0.4, -0.2) is 19.1 Å². The molecule has 0 heterocycles. The number of thioether (sulfide) groups is 1. The molecule has 16 heavy (non-hydrogen) atoms. The van der Waals surface area contributed by atoms with E-state index >= 15 is 0 Å². The molecule has 1 aromatic carbocycles. The van der Waals surface area contributed by atoms with Gasteiger partial charge in [-0.25, -0.2) is 0 Å². The molecule has 1 N–H and O–H groups in total. The van der Waals surface area contributed by atoms with Crippen molar-refractivity contribution in [3.63, 3.8) is 0 Å². The first-order valence-electron chi connectivity index (χ1n) is 4.82. The first-order chi connectivity index (χ1) is 7.49. The fourth-order valence-electron chi connectivity index (χ4n) is 1.44. The normalized spacial score (nSPS) is 13.8. The van der Waals surface area contributed by atoms with Crippen LogP contribution in [0.4, 0.5) is 13.2 Å². The van der Waals surface area contributed by atoms with Crippen LogP contribution in [0.3, 0.4) is 0 Å². The topological polar surface area (TPSA) is 12.0 Å². The molecule has 0 saturated heterocycles. The van der Waals surface area contributed by atoms with E-state index in [2.05, 4.69) is 5.32 Å². The van der Waals surface area contributed by atoms with Gasteiger partial charge in [0.2, 0.25) is 0 Å².